The quantitative estimate of drug-likeness (QED) is 0.466. The van der Waals surface area contributed by atoms with Crippen LogP contribution in [-0.2, 0) is 17.8 Å². The van der Waals surface area contributed by atoms with Gasteiger partial charge in [0.1, 0.15) is 11.5 Å². The van der Waals surface area contributed by atoms with Gasteiger partial charge >= 0.3 is 0 Å². The largest absolute Gasteiger partial charge is 0.502 e. The van der Waals surface area contributed by atoms with Crippen LogP contribution in [0, 0.1) is 6.92 Å². The smallest absolute Gasteiger partial charge is 0.227 e. The number of aryl methyl sites for hydroxylation is 1. The summed E-state index contributed by atoms with van der Waals surface area (Å²) in [6.45, 7) is 2.74. The molecule has 4 aromatic rings. The van der Waals surface area contributed by atoms with E-state index in [1.807, 2.05) is 35.2 Å². The van der Waals surface area contributed by atoms with E-state index in [4.69, 9.17) is 9.15 Å². The first-order valence-corrected chi connectivity index (χ1v) is 11.3. The van der Waals surface area contributed by atoms with E-state index in [1.165, 1.54) is 17.0 Å². The van der Waals surface area contributed by atoms with Crippen LogP contribution in [0.3, 0.4) is 0 Å². The summed E-state index contributed by atoms with van der Waals surface area (Å²) >= 11 is 0. The van der Waals surface area contributed by atoms with Crippen LogP contribution in [0.2, 0.25) is 0 Å². The number of ether oxygens (including phenoxy) is 1. The van der Waals surface area contributed by atoms with Gasteiger partial charge < -0.3 is 24.1 Å². The molecule has 5 rings (SSSR count). The first-order valence-electron chi connectivity index (χ1n) is 11.3. The molecule has 0 aliphatic carbocycles. The summed E-state index contributed by atoms with van der Waals surface area (Å²) in [6, 6.07) is 16.6. The SMILES string of the molecule is COc1ccc([C@H](CC(=O)N2CCc3c([nH]c4ccccc34)C2)c2oc(C)cc(=O)c2O)cc1. The molecule has 1 aliphatic rings. The van der Waals surface area contributed by atoms with E-state index < -0.39 is 17.1 Å². The first kappa shape index (κ1) is 21.8. The number of hydrogen-bond donors (Lipinski definition) is 2. The van der Waals surface area contributed by atoms with Crippen molar-refractivity contribution in [3.05, 3.63) is 93.2 Å². The molecule has 2 aromatic carbocycles. The predicted octanol–water partition coefficient (Wildman–Crippen LogP) is 4.25. The monoisotopic (exact) mass is 458 g/mol. The molecule has 0 spiro atoms. The molecule has 0 fully saturated rings. The molecule has 1 atom stereocenters. The third-order valence-corrected chi connectivity index (χ3v) is 6.52. The zero-order chi connectivity index (χ0) is 23.8. The lowest BCUT2D eigenvalue weighted by Crippen LogP contribution is -2.36. The number of amides is 1. The van der Waals surface area contributed by atoms with Crippen molar-refractivity contribution in [2.75, 3.05) is 13.7 Å². The van der Waals surface area contributed by atoms with Gasteiger partial charge in [-0.05, 0) is 42.7 Å². The fraction of sp³-hybridized carbons (Fsp3) is 0.259. The maximum absolute atomic E-state index is 13.5. The topological polar surface area (TPSA) is 95.8 Å². The van der Waals surface area contributed by atoms with Gasteiger partial charge in [-0.1, -0.05) is 30.3 Å². The van der Waals surface area contributed by atoms with Gasteiger partial charge in [0, 0.05) is 35.6 Å². The zero-order valence-corrected chi connectivity index (χ0v) is 19.1. The average molecular weight is 459 g/mol. The molecule has 0 saturated carbocycles. The molecule has 2 N–H and O–H groups in total. The highest BCUT2D eigenvalue weighted by molar-refractivity contribution is 5.86. The lowest BCUT2D eigenvalue weighted by molar-refractivity contribution is -0.132. The van der Waals surface area contributed by atoms with Crippen molar-refractivity contribution in [1.82, 2.24) is 9.88 Å². The Bertz CT molecular complexity index is 1420. The van der Waals surface area contributed by atoms with Crippen molar-refractivity contribution < 1.29 is 19.1 Å². The number of nitrogens with one attached hydrogen (secondary N) is 1. The Balaban J connectivity index is 1.46. The number of aromatic nitrogens is 1. The second-order valence-corrected chi connectivity index (χ2v) is 8.66. The second kappa shape index (κ2) is 8.74. The van der Waals surface area contributed by atoms with Gasteiger partial charge in [0.15, 0.2) is 5.76 Å². The first-order chi connectivity index (χ1) is 16.4. The van der Waals surface area contributed by atoms with Crippen molar-refractivity contribution >= 4 is 16.8 Å². The number of carbonyl (C=O) groups excluding carboxylic acids is 1. The third kappa shape index (κ3) is 3.94. The van der Waals surface area contributed by atoms with E-state index in [9.17, 15) is 14.7 Å². The van der Waals surface area contributed by atoms with Crippen LogP contribution < -0.4 is 10.2 Å². The minimum absolute atomic E-state index is 0.0574. The molecule has 0 unspecified atom stereocenters. The molecule has 0 radical (unpaired) electrons. The number of H-pyrrole nitrogens is 1. The van der Waals surface area contributed by atoms with Crippen LogP contribution in [0.25, 0.3) is 10.9 Å². The van der Waals surface area contributed by atoms with Crippen LogP contribution in [0.5, 0.6) is 11.5 Å². The number of fused-ring (bicyclic) bond motifs is 3. The summed E-state index contributed by atoms with van der Waals surface area (Å²) in [4.78, 5) is 31.0. The summed E-state index contributed by atoms with van der Waals surface area (Å²) in [7, 11) is 1.58. The van der Waals surface area contributed by atoms with Crippen molar-refractivity contribution in [2.45, 2.75) is 32.2 Å². The number of aromatic amines is 1. The minimum atomic E-state index is -0.616. The summed E-state index contributed by atoms with van der Waals surface area (Å²) in [5.41, 5.74) is 3.61. The molecule has 174 valence electrons. The Morgan fingerprint density at radius 3 is 2.74 bits per heavy atom. The molecule has 1 aliphatic heterocycles. The predicted molar refractivity (Wildman–Crippen MR) is 128 cm³/mol. The maximum Gasteiger partial charge on any atom is 0.227 e. The normalized spacial score (nSPS) is 14.1. The minimum Gasteiger partial charge on any atom is -0.502 e. The summed E-state index contributed by atoms with van der Waals surface area (Å²) in [5.74, 6) is 0.00181. The molecular weight excluding hydrogens is 432 g/mol. The number of methoxy groups -OCH3 is 1. The Morgan fingerprint density at radius 2 is 1.97 bits per heavy atom. The van der Waals surface area contributed by atoms with Crippen molar-refractivity contribution in [3.8, 4) is 11.5 Å². The number of nitrogens with zero attached hydrogens (tertiary/aromatic N) is 1. The van der Waals surface area contributed by atoms with Gasteiger partial charge in [-0.25, -0.2) is 0 Å². The van der Waals surface area contributed by atoms with E-state index in [0.717, 1.165) is 23.2 Å². The molecule has 0 bridgehead atoms. The highest BCUT2D eigenvalue weighted by Gasteiger charge is 2.30. The lowest BCUT2D eigenvalue weighted by Gasteiger charge is -2.29. The van der Waals surface area contributed by atoms with Gasteiger partial charge in [0.25, 0.3) is 0 Å². The molecule has 7 heteroatoms. The Morgan fingerprint density at radius 1 is 1.21 bits per heavy atom. The van der Waals surface area contributed by atoms with E-state index in [0.29, 0.717) is 24.6 Å². The van der Waals surface area contributed by atoms with Gasteiger partial charge in [-0.3, -0.25) is 9.59 Å². The molecule has 7 nitrogen and oxygen atoms in total. The van der Waals surface area contributed by atoms with Crippen LogP contribution >= 0.6 is 0 Å². The molecule has 3 heterocycles. The van der Waals surface area contributed by atoms with E-state index >= 15 is 0 Å². The molecule has 34 heavy (non-hydrogen) atoms. The Labute approximate surface area is 196 Å². The lowest BCUT2D eigenvalue weighted by atomic mass is 9.91. The van der Waals surface area contributed by atoms with Gasteiger partial charge in [0.2, 0.25) is 17.1 Å². The van der Waals surface area contributed by atoms with Crippen LogP contribution in [0.15, 0.2) is 63.8 Å². The Kier molecular flexibility index (Phi) is 5.61. The summed E-state index contributed by atoms with van der Waals surface area (Å²) in [6.07, 6.45) is 0.824. The summed E-state index contributed by atoms with van der Waals surface area (Å²) < 4.78 is 11.0. The number of rotatable bonds is 5. The van der Waals surface area contributed by atoms with Gasteiger partial charge in [-0.15, -0.1) is 0 Å². The molecule has 2 aromatic heterocycles. The van der Waals surface area contributed by atoms with Crippen LogP contribution in [-0.4, -0.2) is 34.6 Å². The number of benzene rings is 2. The standard InChI is InChI=1S/C27H26N2O5/c1-16-13-24(30)26(32)27(34-16)21(17-7-9-18(33-2)10-8-17)14-25(31)29-12-11-20-19-5-3-4-6-22(19)28-23(20)15-29/h3-10,13,21,28,32H,11-12,14-15H2,1-2H3/t21-/m0/s1. The fourth-order valence-electron chi connectivity index (χ4n) is 4.77. The average Bonchev–Trinajstić information content (AvgIpc) is 3.22. The van der Waals surface area contributed by atoms with Gasteiger partial charge in [-0.2, -0.15) is 0 Å². The van der Waals surface area contributed by atoms with Crippen LogP contribution in [0.1, 0.15) is 40.7 Å². The number of hydrogen-bond acceptors (Lipinski definition) is 5. The number of para-hydroxylation sites is 1. The highest BCUT2D eigenvalue weighted by atomic mass is 16.5. The number of aromatic hydroxyl groups is 1. The maximum atomic E-state index is 13.5. The highest BCUT2D eigenvalue weighted by Crippen LogP contribution is 2.35. The molecule has 1 amide bonds. The van der Waals surface area contributed by atoms with Crippen molar-refractivity contribution in [2.24, 2.45) is 0 Å². The molecule has 0 saturated heterocycles. The van der Waals surface area contributed by atoms with Crippen molar-refractivity contribution in [3.63, 3.8) is 0 Å². The van der Waals surface area contributed by atoms with Crippen molar-refractivity contribution in [1.29, 1.82) is 0 Å². The van der Waals surface area contributed by atoms with E-state index in [2.05, 4.69) is 11.1 Å². The van der Waals surface area contributed by atoms with Crippen LogP contribution in [0.4, 0.5) is 0 Å². The Hall–Kier alpha value is -4.00. The molecular formula is C27H26N2O5. The van der Waals surface area contributed by atoms with E-state index in [-0.39, 0.29) is 18.1 Å². The number of carbonyl (C=O) groups is 1. The van der Waals surface area contributed by atoms with Gasteiger partial charge in [0.05, 0.1) is 19.6 Å². The van der Waals surface area contributed by atoms with E-state index in [1.54, 1.807) is 26.2 Å². The second-order valence-electron chi connectivity index (χ2n) is 8.66. The fourth-order valence-corrected chi connectivity index (χ4v) is 4.77. The summed E-state index contributed by atoms with van der Waals surface area (Å²) in [5, 5.41) is 11.7. The third-order valence-electron chi connectivity index (χ3n) is 6.52. The zero-order valence-electron chi connectivity index (χ0n) is 19.1.